The van der Waals surface area contributed by atoms with Gasteiger partial charge in [0, 0.05) is 6.54 Å². The van der Waals surface area contributed by atoms with Gasteiger partial charge in [0.25, 0.3) is 0 Å². The van der Waals surface area contributed by atoms with Crippen molar-refractivity contribution in [1.82, 2.24) is 4.90 Å². The fraction of sp³-hybridized carbons (Fsp3) is 0.846. The minimum Gasteiger partial charge on any atom is -0.481 e. The van der Waals surface area contributed by atoms with E-state index >= 15 is 0 Å². The quantitative estimate of drug-likeness (QED) is 0.661. The molecule has 1 unspecified atom stereocenters. The summed E-state index contributed by atoms with van der Waals surface area (Å²) in [4.78, 5) is 23.7. The lowest BCUT2D eigenvalue weighted by molar-refractivity contribution is -0.146. The summed E-state index contributed by atoms with van der Waals surface area (Å²) in [6.45, 7) is 8.75. The van der Waals surface area contributed by atoms with Gasteiger partial charge in [-0.05, 0) is 24.8 Å². The van der Waals surface area contributed by atoms with Crippen LogP contribution in [0.2, 0.25) is 0 Å². The van der Waals surface area contributed by atoms with Crippen molar-refractivity contribution in [3.63, 3.8) is 0 Å². The average Bonchev–Trinajstić information content (AvgIpc) is 2.20. The third kappa shape index (κ3) is 6.59. The Kier molecular flexibility index (Phi) is 7.59. The molecular formula is C13H25NO4. The van der Waals surface area contributed by atoms with E-state index in [2.05, 4.69) is 13.8 Å². The molecule has 0 saturated heterocycles. The van der Waals surface area contributed by atoms with E-state index in [1.54, 1.807) is 4.90 Å². The lowest BCUT2D eigenvalue weighted by atomic mass is 10.0. The highest BCUT2D eigenvalue weighted by Gasteiger charge is 2.28. The molecule has 0 saturated carbocycles. The zero-order valence-corrected chi connectivity index (χ0v) is 11.7. The van der Waals surface area contributed by atoms with Crippen LogP contribution in [0.3, 0.4) is 0 Å². The average molecular weight is 259 g/mol. The minimum atomic E-state index is -0.891. The molecule has 0 fully saturated rings. The van der Waals surface area contributed by atoms with Gasteiger partial charge in [-0.15, -0.1) is 0 Å². The SMILES string of the molecule is CC(C)CCN(CCC(=O)O)C(C(=O)O)C(C)C. The predicted octanol–water partition coefficient (Wildman–Crippen LogP) is 1.92. The van der Waals surface area contributed by atoms with E-state index in [9.17, 15) is 14.7 Å². The first-order valence-corrected chi connectivity index (χ1v) is 6.44. The second-order valence-corrected chi connectivity index (χ2v) is 5.39. The molecule has 0 radical (unpaired) electrons. The van der Waals surface area contributed by atoms with E-state index in [1.165, 1.54) is 0 Å². The highest BCUT2D eigenvalue weighted by Crippen LogP contribution is 2.14. The standard InChI is InChI=1S/C13H25NO4/c1-9(2)5-7-14(8-6-11(15)16)12(10(3)4)13(17)18/h9-10,12H,5-8H2,1-4H3,(H,15,16)(H,17,18). The smallest absolute Gasteiger partial charge is 0.321 e. The molecule has 0 heterocycles. The molecule has 1 atom stereocenters. The monoisotopic (exact) mass is 259 g/mol. The topological polar surface area (TPSA) is 77.8 Å². The van der Waals surface area contributed by atoms with E-state index in [-0.39, 0.29) is 18.9 Å². The summed E-state index contributed by atoms with van der Waals surface area (Å²) in [5.74, 6) is -1.33. The molecule has 2 N–H and O–H groups in total. The van der Waals surface area contributed by atoms with Crippen LogP contribution in [0.15, 0.2) is 0 Å². The van der Waals surface area contributed by atoms with Crippen molar-refractivity contribution < 1.29 is 19.8 Å². The number of hydrogen-bond acceptors (Lipinski definition) is 3. The van der Waals surface area contributed by atoms with Crippen molar-refractivity contribution in [3.8, 4) is 0 Å². The first kappa shape index (κ1) is 16.9. The molecule has 0 spiro atoms. The Hall–Kier alpha value is -1.10. The number of nitrogens with zero attached hydrogens (tertiary/aromatic N) is 1. The van der Waals surface area contributed by atoms with Gasteiger partial charge in [0.1, 0.15) is 6.04 Å². The molecule has 0 rings (SSSR count). The van der Waals surface area contributed by atoms with Crippen molar-refractivity contribution in [3.05, 3.63) is 0 Å². The Labute approximate surface area is 109 Å². The van der Waals surface area contributed by atoms with Crippen LogP contribution in [0.1, 0.15) is 40.5 Å². The third-order valence-corrected chi connectivity index (χ3v) is 2.88. The van der Waals surface area contributed by atoms with Gasteiger partial charge < -0.3 is 10.2 Å². The summed E-state index contributed by atoms with van der Waals surface area (Å²) in [6, 6.07) is -0.608. The fourth-order valence-electron chi connectivity index (χ4n) is 1.92. The summed E-state index contributed by atoms with van der Waals surface area (Å²) >= 11 is 0. The normalized spacial score (nSPS) is 13.3. The molecule has 0 aromatic rings. The molecule has 0 aliphatic heterocycles. The molecule has 0 aromatic heterocycles. The number of hydrogen-bond donors (Lipinski definition) is 2. The van der Waals surface area contributed by atoms with Crippen molar-refractivity contribution in [2.75, 3.05) is 13.1 Å². The van der Waals surface area contributed by atoms with Crippen molar-refractivity contribution in [1.29, 1.82) is 0 Å². The van der Waals surface area contributed by atoms with Crippen LogP contribution in [0.4, 0.5) is 0 Å². The van der Waals surface area contributed by atoms with Gasteiger partial charge in [-0.25, -0.2) is 0 Å². The highest BCUT2D eigenvalue weighted by molar-refractivity contribution is 5.74. The van der Waals surface area contributed by atoms with E-state index in [1.807, 2.05) is 13.8 Å². The van der Waals surface area contributed by atoms with Crippen LogP contribution in [-0.2, 0) is 9.59 Å². The Bertz CT molecular complexity index is 276. The van der Waals surface area contributed by atoms with Crippen LogP contribution >= 0.6 is 0 Å². The molecular weight excluding hydrogens is 234 g/mol. The third-order valence-electron chi connectivity index (χ3n) is 2.88. The molecule has 0 bridgehead atoms. The maximum Gasteiger partial charge on any atom is 0.321 e. The Morgan fingerprint density at radius 1 is 1.06 bits per heavy atom. The van der Waals surface area contributed by atoms with Crippen molar-refractivity contribution in [2.24, 2.45) is 11.8 Å². The Balaban J connectivity index is 4.68. The van der Waals surface area contributed by atoms with Crippen molar-refractivity contribution in [2.45, 2.75) is 46.6 Å². The second kappa shape index (κ2) is 8.08. The number of carbonyl (C=O) groups is 2. The maximum absolute atomic E-state index is 11.3. The summed E-state index contributed by atoms with van der Waals surface area (Å²) < 4.78 is 0. The van der Waals surface area contributed by atoms with Gasteiger partial charge in [-0.2, -0.15) is 0 Å². The Morgan fingerprint density at radius 2 is 1.61 bits per heavy atom. The van der Waals surface area contributed by atoms with Gasteiger partial charge in [0.05, 0.1) is 6.42 Å². The van der Waals surface area contributed by atoms with Crippen LogP contribution in [0, 0.1) is 11.8 Å². The van der Waals surface area contributed by atoms with Crippen LogP contribution < -0.4 is 0 Å². The number of carboxylic acid groups (broad SMARTS) is 2. The first-order chi connectivity index (χ1) is 8.25. The number of rotatable bonds is 9. The lowest BCUT2D eigenvalue weighted by Gasteiger charge is -2.31. The Morgan fingerprint density at radius 3 is 1.94 bits per heavy atom. The summed E-state index contributed by atoms with van der Waals surface area (Å²) in [5, 5.41) is 18.0. The molecule has 106 valence electrons. The fourth-order valence-corrected chi connectivity index (χ4v) is 1.92. The molecule has 0 aromatic carbocycles. The summed E-state index contributed by atoms with van der Waals surface area (Å²) in [6.07, 6.45) is 0.852. The van der Waals surface area contributed by atoms with E-state index < -0.39 is 18.0 Å². The number of aliphatic carboxylic acids is 2. The van der Waals surface area contributed by atoms with Gasteiger partial charge in [-0.3, -0.25) is 14.5 Å². The number of carboxylic acids is 2. The predicted molar refractivity (Wildman–Crippen MR) is 69.5 cm³/mol. The van der Waals surface area contributed by atoms with Crippen LogP contribution in [-0.4, -0.2) is 46.2 Å². The van der Waals surface area contributed by atoms with Crippen LogP contribution in [0.5, 0.6) is 0 Å². The van der Waals surface area contributed by atoms with Gasteiger partial charge >= 0.3 is 11.9 Å². The van der Waals surface area contributed by atoms with Gasteiger partial charge in [-0.1, -0.05) is 27.7 Å². The highest BCUT2D eigenvalue weighted by atomic mass is 16.4. The molecule has 0 aliphatic rings. The molecule has 0 aliphatic carbocycles. The van der Waals surface area contributed by atoms with E-state index in [4.69, 9.17) is 5.11 Å². The summed E-state index contributed by atoms with van der Waals surface area (Å²) in [7, 11) is 0. The largest absolute Gasteiger partial charge is 0.481 e. The van der Waals surface area contributed by atoms with Crippen LogP contribution in [0.25, 0.3) is 0 Å². The molecule has 5 nitrogen and oxygen atoms in total. The van der Waals surface area contributed by atoms with Gasteiger partial charge in [0.15, 0.2) is 0 Å². The molecule has 18 heavy (non-hydrogen) atoms. The zero-order chi connectivity index (χ0) is 14.3. The minimum absolute atomic E-state index is 0.0193. The van der Waals surface area contributed by atoms with Gasteiger partial charge in [0.2, 0.25) is 0 Å². The maximum atomic E-state index is 11.3. The molecule has 0 amide bonds. The first-order valence-electron chi connectivity index (χ1n) is 6.44. The lowest BCUT2D eigenvalue weighted by Crippen LogP contribution is -2.46. The second-order valence-electron chi connectivity index (χ2n) is 5.39. The zero-order valence-electron chi connectivity index (χ0n) is 11.7. The van der Waals surface area contributed by atoms with E-state index in [0.717, 1.165) is 6.42 Å². The van der Waals surface area contributed by atoms with Crippen molar-refractivity contribution >= 4 is 11.9 Å². The molecule has 5 heteroatoms. The van der Waals surface area contributed by atoms with E-state index in [0.29, 0.717) is 12.5 Å². The summed E-state index contributed by atoms with van der Waals surface area (Å²) in [5.41, 5.74) is 0.